The first kappa shape index (κ1) is 7.59. The Hall–Kier alpha value is -0.520. The highest BCUT2D eigenvalue weighted by atomic mass is 35.5. The number of thiazole rings is 1. The van der Waals surface area contributed by atoms with Crippen molar-refractivity contribution in [1.29, 1.82) is 0 Å². The zero-order valence-corrected chi connectivity index (χ0v) is 6.87. The minimum Gasteiger partial charge on any atom is -0.249 e. The highest BCUT2D eigenvalue weighted by molar-refractivity contribution is 7.09. The molecule has 0 atom stereocenters. The molecule has 3 heteroatoms. The van der Waals surface area contributed by atoms with E-state index in [4.69, 9.17) is 11.6 Å². The second kappa shape index (κ2) is 4.32. The second-order valence-corrected chi connectivity index (χ2v) is 2.84. The SMILES string of the molecule is ClCC#CCc1nccs1. The topological polar surface area (TPSA) is 12.9 Å². The molecular weight excluding hydrogens is 166 g/mol. The van der Waals surface area contributed by atoms with Gasteiger partial charge < -0.3 is 0 Å². The van der Waals surface area contributed by atoms with Gasteiger partial charge in [0.05, 0.1) is 12.3 Å². The van der Waals surface area contributed by atoms with Gasteiger partial charge in [-0.3, -0.25) is 0 Å². The number of alkyl halides is 1. The summed E-state index contributed by atoms with van der Waals surface area (Å²) in [6, 6.07) is 0. The normalized spacial score (nSPS) is 8.50. The van der Waals surface area contributed by atoms with Crippen molar-refractivity contribution in [3.63, 3.8) is 0 Å². The third-order valence-electron chi connectivity index (χ3n) is 0.915. The van der Waals surface area contributed by atoms with Gasteiger partial charge in [-0.1, -0.05) is 11.8 Å². The van der Waals surface area contributed by atoms with Gasteiger partial charge in [0.15, 0.2) is 0 Å². The van der Waals surface area contributed by atoms with E-state index in [-0.39, 0.29) is 0 Å². The maximum Gasteiger partial charge on any atom is 0.104 e. The van der Waals surface area contributed by atoms with Gasteiger partial charge >= 0.3 is 0 Å². The monoisotopic (exact) mass is 171 g/mol. The summed E-state index contributed by atoms with van der Waals surface area (Å²) in [6.45, 7) is 0. The number of nitrogens with zero attached hydrogens (tertiary/aromatic N) is 1. The van der Waals surface area contributed by atoms with Crippen LogP contribution in [0.1, 0.15) is 5.01 Å². The van der Waals surface area contributed by atoms with Crippen LogP contribution in [0, 0.1) is 11.8 Å². The van der Waals surface area contributed by atoms with Gasteiger partial charge in [-0.05, 0) is 0 Å². The Morgan fingerprint density at radius 2 is 2.50 bits per heavy atom. The summed E-state index contributed by atoms with van der Waals surface area (Å²) in [5.74, 6) is 6.08. The number of hydrogen-bond acceptors (Lipinski definition) is 2. The molecule has 0 bridgehead atoms. The number of halogens is 1. The second-order valence-electron chi connectivity index (χ2n) is 1.59. The van der Waals surface area contributed by atoms with Crippen molar-refractivity contribution < 1.29 is 0 Å². The lowest BCUT2D eigenvalue weighted by atomic mass is 10.4. The van der Waals surface area contributed by atoms with Crippen LogP contribution in [-0.2, 0) is 6.42 Å². The molecule has 0 aromatic carbocycles. The van der Waals surface area contributed by atoms with Crippen LogP contribution in [-0.4, -0.2) is 10.9 Å². The minimum atomic E-state index is 0.408. The fourth-order valence-corrected chi connectivity index (χ4v) is 1.18. The van der Waals surface area contributed by atoms with Gasteiger partial charge in [-0.2, -0.15) is 0 Å². The smallest absolute Gasteiger partial charge is 0.104 e. The van der Waals surface area contributed by atoms with Crippen LogP contribution in [0.4, 0.5) is 0 Å². The Labute approximate surface area is 69.1 Å². The predicted octanol–water partition coefficient (Wildman–Crippen LogP) is 1.93. The van der Waals surface area contributed by atoms with E-state index in [1.807, 2.05) is 5.38 Å². The maximum atomic E-state index is 5.35. The molecule has 0 aliphatic carbocycles. The van der Waals surface area contributed by atoms with E-state index in [0.717, 1.165) is 11.4 Å². The molecular formula is C7H6ClNS. The summed E-state index contributed by atoms with van der Waals surface area (Å²) in [4.78, 5) is 4.06. The fourth-order valence-electron chi connectivity index (χ4n) is 0.526. The third-order valence-corrected chi connectivity index (χ3v) is 1.83. The van der Waals surface area contributed by atoms with E-state index < -0.39 is 0 Å². The summed E-state index contributed by atoms with van der Waals surface area (Å²) < 4.78 is 0. The largest absolute Gasteiger partial charge is 0.249 e. The van der Waals surface area contributed by atoms with Gasteiger partial charge in [0.25, 0.3) is 0 Å². The summed E-state index contributed by atoms with van der Waals surface area (Å²) in [5, 5.41) is 3.00. The van der Waals surface area contributed by atoms with E-state index in [1.54, 1.807) is 17.5 Å². The lowest BCUT2D eigenvalue weighted by Gasteiger charge is -1.79. The van der Waals surface area contributed by atoms with Crippen LogP contribution >= 0.6 is 22.9 Å². The average molecular weight is 172 g/mol. The van der Waals surface area contributed by atoms with Crippen molar-refractivity contribution in [2.24, 2.45) is 0 Å². The van der Waals surface area contributed by atoms with Crippen LogP contribution in [0.25, 0.3) is 0 Å². The van der Waals surface area contributed by atoms with E-state index in [9.17, 15) is 0 Å². The van der Waals surface area contributed by atoms with Crippen molar-refractivity contribution in [3.8, 4) is 11.8 Å². The zero-order valence-electron chi connectivity index (χ0n) is 5.30. The highest BCUT2D eigenvalue weighted by Gasteiger charge is 1.88. The summed E-state index contributed by atoms with van der Waals surface area (Å²) >= 11 is 6.97. The Balaban J connectivity index is 2.41. The Morgan fingerprint density at radius 1 is 1.60 bits per heavy atom. The Kier molecular flexibility index (Phi) is 3.28. The summed E-state index contributed by atoms with van der Waals surface area (Å²) in [6.07, 6.45) is 2.51. The average Bonchev–Trinajstić information content (AvgIpc) is 2.41. The molecule has 1 heterocycles. The van der Waals surface area contributed by atoms with Crippen molar-refractivity contribution in [3.05, 3.63) is 16.6 Å². The van der Waals surface area contributed by atoms with Crippen LogP contribution in [0.2, 0.25) is 0 Å². The lowest BCUT2D eigenvalue weighted by molar-refractivity contribution is 1.22. The number of hydrogen-bond donors (Lipinski definition) is 0. The summed E-state index contributed by atoms with van der Waals surface area (Å²) in [7, 11) is 0. The lowest BCUT2D eigenvalue weighted by Crippen LogP contribution is -1.76. The molecule has 0 amide bonds. The van der Waals surface area contributed by atoms with Crippen LogP contribution < -0.4 is 0 Å². The molecule has 1 aromatic rings. The molecule has 0 unspecified atom stereocenters. The van der Waals surface area contributed by atoms with Gasteiger partial charge in [0.2, 0.25) is 0 Å². The fraction of sp³-hybridized carbons (Fsp3) is 0.286. The quantitative estimate of drug-likeness (QED) is 0.465. The van der Waals surface area contributed by atoms with Crippen molar-refractivity contribution in [1.82, 2.24) is 4.98 Å². The number of rotatable bonds is 1. The molecule has 0 radical (unpaired) electrons. The maximum absolute atomic E-state index is 5.35. The molecule has 1 nitrogen and oxygen atoms in total. The zero-order chi connectivity index (χ0) is 7.23. The first-order valence-corrected chi connectivity index (χ1v) is 4.25. The van der Waals surface area contributed by atoms with Gasteiger partial charge in [0, 0.05) is 11.6 Å². The van der Waals surface area contributed by atoms with Crippen molar-refractivity contribution in [2.45, 2.75) is 6.42 Å². The molecule has 52 valence electrons. The molecule has 1 aromatic heterocycles. The van der Waals surface area contributed by atoms with Gasteiger partial charge in [-0.25, -0.2) is 4.98 Å². The Morgan fingerprint density at radius 3 is 3.10 bits per heavy atom. The molecule has 0 aliphatic heterocycles. The molecule has 0 aliphatic rings. The van der Waals surface area contributed by atoms with E-state index >= 15 is 0 Å². The molecule has 0 spiro atoms. The van der Waals surface area contributed by atoms with Crippen LogP contribution in [0.15, 0.2) is 11.6 Å². The van der Waals surface area contributed by atoms with Gasteiger partial charge in [-0.15, -0.1) is 22.9 Å². The van der Waals surface area contributed by atoms with Crippen LogP contribution in [0.3, 0.4) is 0 Å². The first-order valence-electron chi connectivity index (χ1n) is 2.83. The van der Waals surface area contributed by atoms with Crippen molar-refractivity contribution in [2.75, 3.05) is 5.88 Å². The number of aromatic nitrogens is 1. The van der Waals surface area contributed by atoms with E-state index in [0.29, 0.717) is 5.88 Å². The molecule has 0 saturated heterocycles. The Bertz CT molecular complexity index is 232. The molecule has 10 heavy (non-hydrogen) atoms. The molecule has 1 rings (SSSR count). The molecule has 0 fully saturated rings. The first-order chi connectivity index (χ1) is 4.93. The standard InChI is InChI=1S/C7H6ClNS/c8-4-2-1-3-7-9-5-6-10-7/h5-6H,3-4H2. The van der Waals surface area contributed by atoms with Crippen molar-refractivity contribution >= 4 is 22.9 Å². The highest BCUT2D eigenvalue weighted by Crippen LogP contribution is 2.02. The van der Waals surface area contributed by atoms with Gasteiger partial charge in [0.1, 0.15) is 5.01 Å². The third kappa shape index (κ3) is 2.38. The minimum absolute atomic E-state index is 0.408. The summed E-state index contributed by atoms with van der Waals surface area (Å²) in [5.41, 5.74) is 0. The van der Waals surface area contributed by atoms with Crippen LogP contribution in [0.5, 0.6) is 0 Å². The molecule has 0 saturated carbocycles. The molecule has 0 N–H and O–H groups in total. The predicted molar refractivity (Wildman–Crippen MR) is 44.3 cm³/mol. The van der Waals surface area contributed by atoms with E-state index in [1.165, 1.54) is 0 Å². The van der Waals surface area contributed by atoms with E-state index in [2.05, 4.69) is 16.8 Å².